The second-order valence-corrected chi connectivity index (χ2v) is 8.12. The highest BCUT2D eigenvalue weighted by molar-refractivity contribution is 5.98. The number of amides is 1. The fraction of sp³-hybridized carbons (Fsp3) is 0.280. The van der Waals surface area contributed by atoms with E-state index in [-0.39, 0.29) is 11.5 Å². The highest BCUT2D eigenvalue weighted by Crippen LogP contribution is 2.24. The normalized spacial score (nSPS) is 13.5. The summed E-state index contributed by atoms with van der Waals surface area (Å²) < 4.78 is 10.9. The first-order chi connectivity index (χ1) is 15.6. The van der Waals surface area contributed by atoms with E-state index in [4.69, 9.17) is 4.74 Å². The Morgan fingerprint density at radius 3 is 2.56 bits per heavy atom. The maximum absolute atomic E-state index is 13.5. The van der Waals surface area contributed by atoms with Crippen molar-refractivity contribution in [1.29, 1.82) is 0 Å². The zero-order chi connectivity index (χ0) is 22.2. The van der Waals surface area contributed by atoms with Gasteiger partial charge in [0.25, 0.3) is 11.5 Å². The molecule has 1 aliphatic heterocycles. The molecule has 4 aromatic rings. The predicted molar refractivity (Wildman–Crippen MR) is 123 cm³/mol. The topological polar surface area (TPSA) is 61.4 Å². The van der Waals surface area contributed by atoms with Gasteiger partial charge in [0.2, 0.25) is 0 Å². The van der Waals surface area contributed by atoms with Crippen molar-refractivity contribution >= 4 is 16.8 Å². The third-order valence-electron chi connectivity index (χ3n) is 6.29. The average Bonchev–Trinajstić information content (AvgIpc) is 3.31. The molecule has 0 atom stereocenters. The largest absolute Gasteiger partial charge is 0.383 e. The molecule has 0 bridgehead atoms. The van der Waals surface area contributed by atoms with Crippen molar-refractivity contribution in [2.24, 2.45) is 7.05 Å². The number of ether oxygens (including phenoxy) is 1. The van der Waals surface area contributed by atoms with Gasteiger partial charge in [-0.05, 0) is 30.7 Å². The Kier molecular flexibility index (Phi) is 5.19. The molecule has 0 unspecified atom stereocenters. The van der Waals surface area contributed by atoms with Crippen LogP contribution in [0.25, 0.3) is 16.6 Å². The van der Waals surface area contributed by atoms with Gasteiger partial charge in [-0.1, -0.05) is 36.4 Å². The zero-order valence-electron chi connectivity index (χ0n) is 18.3. The summed E-state index contributed by atoms with van der Waals surface area (Å²) >= 11 is 0. The molecule has 2 aromatic carbocycles. The quantitative estimate of drug-likeness (QED) is 0.489. The molecule has 7 nitrogen and oxygen atoms in total. The molecule has 1 aliphatic rings. The van der Waals surface area contributed by atoms with E-state index in [0.717, 1.165) is 27.8 Å². The second-order valence-electron chi connectivity index (χ2n) is 8.12. The van der Waals surface area contributed by atoms with Crippen molar-refractivity contribution in [3.63, 3.8) is 0 Å². The van der Waals surface area contributed by atoms with Gasteiger partial charge in [0.15, 0.2) is 0 Å². The summed E-state index contributed by atoms with van der Waals surface area (Å²) in [5.74, 6) is -0.0208. The number of para-hydroxylation sites is 2. The first-order valence-electron chi connectivity index (χ1n) is 10.8. The van der Waals surface area contributed by atoms with Crippen LogP contribution in [-0.2, 0) is 31.3 Å². The lowest BCUT2D eigenvalue weighted by Crippen LogP contribution is -2.38. The first kappa shape index (κ1) is 20.3. The van der Waals surface area contributed by atoms with Gasteiger partial charge in [-0.2, -0.15) is 0 Å². The van der Waals surface area contributed by atoms with Gasteiger partial charge in [-0.15, -0.1) is 0 Å². The number of aryl methyl sites for hydroxylation is 1. The number of methoxy groups -OCH3 is 1. The second kappa shape index (κ2) is 8.16. The van der Waals surface area contributed by atoms with Crippen LogP contribution in [0.1, 0.15) is 21.7 Å². The van der Waals surface area contributed by atoms with Crippen molar-refractivity contribution in [3.05, 3.63) is 88.0 Å². The van der Waals surface area contributed by atoms with Gasteiger partial charge in [0.1, 0.15) is 5.69 Å². The van der Waals surface area contributed by atoms with Crippen LogP contribution in [0.3, 0.4) is 0 Å². The lowest BCUT2D eigenvalue weighted by atomic mass is 10.1. The Morgan fingerprint density at radius 1 is 1.06 bits per heavy atom. The molecule has 0 aliphatic carbocycles. The third kappa shape index (κ3) is 3.26. The molecule has 32 heavy (non-hydrogen) atoms. The molecule has 164 valence electrons. The van der Waals surface area contributed by atoms with Crippen LogP contribution in [0.4, 0.5) is 0 Å². The van der Waals surface area contributed by atoms with Gasteiger partial charge in [-0.25, -0.2) is 4.68 Å². The zero-order valence-corrected chi connectivity index (χ0v) is 18.3. The number of carbonyl (C=O) groups is 1. The van der Waals surface area contributed by atoms with Crippen LogP contribution in [0, 0.1) is 0 Å². The summed E-state index contributed by atoms with van der Waals surface area (Å²) in [6.45, 7) is 1.93. The number of hydrogen-bond acceptors (Lipinski definition) is 3. The highest BCUT2D eigenvalue weighted by atomic mass is 16.5. The van der Waals surface area contributed by atoms with E-state index in [1.165, 1.54) is 0 Å². The molecular formula is C25H26N4O3. The van der Waals surface area contributed by atoms with Crippen LogP contribution in [0.2, 0.25) is 0 Å². The Labute approximate surface area is 186 Å². The average molecular weight is 431 g/mol. The number of carbonyl (C=O) groups excluding carboxylic acids is 1. The van der Waals surface area contributed by atoms with Gasteiger partial charge in [-0.3, -0.25) is 14.3 Å². The lowest BCUT2D eigenvalue weighted by Gasteiger charge is -2.28. The number of benzene rings is 2. The summed E-state index contributed by atoms with van der Waals surface area (Å²) in [4.78, 5) is 28.6. The fourth-order valence-electron chi connectivity index (χ4n) is 4.64. The molecule has 1 amide bonds. The van der Waals surface area contributed by atoms with E-state index in [0.29, 0.717) is 38.4 Å². The number of rotatable bonds is 5. The van der Waals surface area contributed by atoms with Crippen molar-refractivity contribution in [3.8, 4) is 5.69 Å². The van der Waals surface area contributed by atoms with Gasteiger partial charge in [0, 0.05) is 37.2 Å². The summed E-state index contributed by atoms with van der Waals surface area (Å²) in [6.07, 6.45) is 0.538. The predicted octanol–water partition coefficient (Wildman–Crippen LogP) is 2.98. The molecule has 0 fully saturated rings. The molecule has 0 N–H and O–H groups in total. The molecule has 2 aromatic heterocycles. The first-order valence-corrected chi connectivity index (χ1v) is 10.8. The van der Waals surface area contributed by atoms with E-state index in [1.54, 1.807) is 11.8 Å². The Hall–Kier alpha value is -3.58. The fourth-order valence-corrected chi connectivity index (χ4v) is 4.64. The Bertz CT molecular complexity index is 1350. The number of fused-ring (bicyclic) bond motifs is 2. The minimum atomic E-state index is -0.0208. The monoisotopic (exact) mass is 430 g/mol. The van der Waals surface area contributed by atoms with E-state index >= 15 is 0 Å². The van der Waals surface area contributed by atoms with Crippen LogP contribution in [-0.4, -0.2) is 45.0 Å². The van der Waals surface area contributed by atoms with Gasteiger partial charge in [0.05, 0.1) is 31.1 Å². The highest BCUT2D eigenvalue weighted by Gasteiger charge is 2.30. The smallest absolute Gasteiger partial charge is 0.274 e. The van der Waals surface area contributed by atoms with E-state index in [2.05, 4.69) is 0 Å². The Morgan fingerprint density at radius 2 is 1.81 bits per heavy atom. The third-order valence-corrected chi connectivity index (χ3v) is 6.29. The van der Waals surface area contributed by atoms with Crippen LogP contribution >= 0.6 is 0 Å². The molecule has 3 heterocycles. The van der Waals surface area contributed by atoms with E-state index in [1.807, 2.05) is 81.9 Å². The standard InChI is InChI=1S/C25H26N4O3/c1-26-21-11-7-6-8-18(21)16-22(26)25(31)27-13-12-20-23(17-27)28(14-15-32-2)29(24(20)30)19-9-4-3-5-10-19/h3-11,16H,12-15,17H2,1-2H3. The van der Waals surface area contributed by atoms with Gasteiger partial charge >= 0.3 is 0 Å². The minimum Gasteiger partial charge on any atom is -0.383 e. The van der Waals surface area contributed by atoms with Crippen LogP contribution < -0.4 is 5.56 Å². The van der Waals surface area contributed by atoms with E-state index in [9.17, 15) is 9.59 Å². The van der Waals surface area contributed by atoms with Gasteiger partial charge < -0.3 is 14.2 Å². The molecular weight excluding hydrogens is 404 g/mol. The number of aromatic nitrogens is 3. The van der Waals surface area contributed by atoms with Crippen molar-refractivity contribution in [2.75, 3.05) is 20.3 Å². The maximum Gasteiger partial charge on any atom is 0.274 e. The Balaban J connectivity index is 1.54. The molecule has 5 rings (SSSR count). The summed E-state index contributed by atoms with van der Waals surface area (Å²) in [5.41, 5.74) is 4.15. The molecule has 0 saturated carbocycles. The minimum absolute atomic E-state index is 0.0148. The van der Waals surface area contributed by atoms with E-state index < -0.39 is 0 Å². The molecule has 7 heteroatoms. The summed E-state index contributed by atoms with van der Waals surface area (Å²) in [6, 6.07) is 19.6. The summed E-state index contributed by atoms with van der Waals surface area (Å²) in [7, 11) is 3.57. The lowest BCUT2D eigenvalue weighted by molar-refractivity contribution is 0.0718. The summed E-state index contributed by atoms with van der Waals surface area (Å²) in [5, 5.41) is 1.04. The van der Waals surface area contributed by atoms with Crippen molar-refractivity contribution < 1.29 is 9.53 Å². The number of hydrogen-bond donors (Lipinski definition) is 0. The SMILES string of the molecule is COCCn1c2c(c(=O)n1-c1ccccc1)CCN(C(=O)c1cc3ccccc3n1C)C2. The molecule has 0 spiro atoms. The maximum atomic E-state index is 13.5. The van der Waals surface area contributed by atoms with Crippen LogP contribution in [0.15, 0.2) is 65.5 Å². The molecule has 0 saturated heterocycles. The number of nitrogens with zero attached hydrogens (tertiary/aromatic N) is 4. The van der Waals surface area contributed by atoms with Crippen LogP contribution in [0.5, 0.6) is 0 Å². The van der Waals surface area contributed by atoms with Crippen molar-refractivity contribution in [1.82, 2.24) is 18.8 Å². The van der Waals surface area contributed by atoms with Crippen molar-refractivity contribution in [2.45, 2.75) is 19.5 Å². The molecule has 0 radical (unpaired) electrons.